The smallest absolute Gasteiger partial charge is 0.231 e. The SMILES string of the molecule is NC1COCC1C(=O)Nc1cccc(CCCO)c1. The van der Waals surface area contributed by atoms with Crippen LogP contribution in [0.1, 0.15) is 12.0 Å². The van der Waals surface area contributed by atoms with Crippen LogP contribution in [0.5, 0.6) is 0 Å². The van der Waals surface area contributed by atoms with Gasteiger partial charge in [-0.2, -0.15) is 0 Å². The third kappa shape index (κ3) is 3.76. The summed E-state index contributed by atoms with van der Waals surface area (Å²) in [7, 11) is 0. The van der Waals surface area contributed by atoms with Crippen molar-refractivity contribution in [2.75, 3.05) is 25.1 Å². The maximum Gasteiger partial charge on any atom is 0.231 e. The Hall–Kier alpha value is -1.43. The lowest BCUT2D eigenvalue weighted by Crippen LogP contribution is -2.37. The third-order valence-electron chi connectivity index (χ3n) is 3.28. The van der Waals surface area contributed by atoms with Crippen LogP contribution in [0.25, 0.3) is 0 Å². The van der Waals surface area contributed by atoms with Gasteiger partial charge in [-0.05, 0) is 30.5 Å². The van der Waals surface area contributed by atoms with Gasteiger partial charge in [-0.1, -0.05) is 12.1 Å². The largest absolute Gasteiger partial charge is 0.396 e. The summed E-state index contributed by atoms with van der Waals surface area (Å²) >= 11 is 0. The summed E-state index contributed by atoms with van der Waals surface area (Å²) < 4.78 is 5.19. The first-order valence-corrected chi connectivity index (χ1v) is 6.54. The Kier molecular flexibility index (Phi) is 4.90. The first kappa shape index (κ1) is 14.0. The fourth-order valence-corrected chi connectivity index (χ4v) is 2.16. The quantitative estimate of drug-likeness (QED) is 0.724. The van der Waals surface area contributed by atoms with Crippen molar-refractivity contribution >= 4 is 11.6 Å². The van der Waals surface area contributed by atoms with E-state index in [0.717, 1.165) is 24.1 Å². The molecule has 0 aromatic heterocycles. The monoisotopic (exact) mass is 264 g/mol. The number of aliphatic hydroxyl groups excluding tert-OH is 1. The molecule has 2 unspecified atom stereocenters. The molecule has 1 saturated heterocycles. The molecule has 1 fully saturated rings. The number of carbonyl (C=O) groups excluding carboxylic acids is 1. The number of nitrogens with one attached hydrogen (secondary N) is 1. The van der Waals surface area contributed by atoms with E-state index >= 15 is 0 Å². The van der Waals surface area contributed by atoms with E-state index in [1.807, 2.05) is 24.3 Å². The summed E-state index contributed by atoms with van der Waals surface area (Å²) in [6.45, 7) is 0.997. The Labute approximate surface area is 112 Å². The van der Waals surface area contributed by atoms with Crippen LogP contribution in [-0.4, -0.2) is 36.9 Å². The molecule has 5 nitrogen and oxygen atoms in total. The van der Waals surface area contributed by atoms with E-state index in [2.05, 4.69) is 5.32 Å². The number of carbonyl (C=O) groups is 1. The summed E-state index contributed by atoms with van der Waals surface area (Å²) in [6, 6.07) is 7.43. The van der Waals surface area contributed by atoms with Gasteiger partial charge in [0.25, 0.3) is 0 Å². The maximum absolute atomic E-state index is 12.0. The number of amides is 1. The number of rotatable bonds is 5. The number of nitrogens with two attached hydrogens (primary N) is 1. The van der Waals surface area contributed by atoms with Gasteiger partial charge in [0.1, 0.15) is 0 Å². The molecule has 0 bridgehead atoms. The van der Waals surface area contributed by atoms with Crippen molar-refractivity contribution in [1.82, 2.24) is 0 Å². The molecule has 5 heteroatoms. The fraction of sp³-hybridized carbons (Fsp3) is 0.500. The standard InChI is InChI=1S/C14H20N2O3/c15-13-9-19-8-12(13)14(18)16-11-5-1-3-10(7-11)4-2-6-17/h1,3,5,7,12-13,17H,2,4,6,8-9,15H2,(H,16,18). The van der Waals surface area contributed by atoms with Crippen molar-refractivity contribution in [3.63, 3.8) is 0 Å². The Balaban J connectivity index is 1.96. The van der Waals surface area contributed by atoms with E-state index < -0.39 is 0 Å². The van der Waals surface area contributed by atoms with Gasteiger partial charge in [0.2, 0.25) is 5.91 Å². The average molecular weight is 264 g/mol. The summed E-state index contributed by atoms with van der Waals surface area (Å²) in [5.74, 6) is -0.370. The van der Waals surface area contributed by atoms with Crippen LogP contribution in [0, 0.1) is 5.92 Å². The molecule has 0 radical (unpaired) electrons. The molecule has 0 spiro atoms. The number of hydrogen-bond acceptors (Lipinski definition) is 4. The molecule has 1 aromatic carbocycles. The predicted molar refractivity (Wildman–Crippen MR) is 72.8 cm³/mol. The second-order valence-corrected chi connectivity index (χ2v) is 4.82. The molecule has 0 aliphatic carbocycles. The lowest BCUT2D eigenvalue weighted by molar-refractivity contribution is -0.120. The Morgan fingerprint density at radius 2 is 2.32 bits per heavy atom. The number of hydrogen-bond donors (Lipinski definition) is 3. The van der Waals surface area contributed by atoms with Gasteiger partial charge in [-0.3, -0.25) is 4.79 Å². The van der Waals surface area contributed by atoms with Gasteiger partial charge in [-0.15, -0.1) is 0 Å². The molecule has 1 aliphatic rings. The molecule has 1 heterocycles. The number of aliphatic hydroxyl groups is 1. The van der Waals surface area contributed by atoms with Gasteiger partial charge < -0.3 is 20.9 Å². The van der Waals surface area contributed by atoms with E-state index in [1.54, 1.807) is 0 Å². The van der Waals surface area contributed by atoms with Crippen molar-refractivity contribution in [3.05, 3.63) is 29.8 Å². The van der Waals surface area contributed by atoms with Gasteiger partial charge in [0.05, 0.1) is 19.1 Å². The Bertz CT molecular complexity index is 436. The summed E-state index contributed by atoms with van der Waals surface area (Å²) in [6.07, 6.45) is 1.52. The average Bonchev–Trinajstić information content (AvgIpc) is 2.83. The molecule has 0 saturated carbocycles. The summed E-state index contributed by atoms with van der Waals surface area (Å²) in [4.78, 5) is 12.0. The van der Waals surface area contributed by atoms with Crippen molar-refractivity contribution in [1.29, 1.82) is 0 Å². The fourth-order valence-electron chi connectivity index (χ4n) is 2.16. The van der Waals surface area contributed by atoms with Crippen LogP contribution in [0.3, 0.4) is 0 Å². The zero-order chi connectivity index (χ0) is 13.7. The number of ether oxygens (including phenoxy) is 1. The second-order valence-electron chi connectivity index (χ2n) is 4.82. The first-order chi connectivity index (χ1) is 9.20. The Morgan fingerprint density at radius 3 is 3.00 bits per heavy atom. The van der Waals surface area contributed by atoms with Gasteiger partial charge in [0.15, 0.2) is 0 Å². The molecule has 2 atom stereocenters. The molecule has 19 heavy (non-hydrogen) atoms. The minimum absolute atomic E-state index is 0.0932. The van der Waals surface area contributed by atoms with Gasteiger partial charge in [0, 0.05) is 18.3 Å². The first-order valence-electron chi connectivity index (χ1n) is 6.54. The van der Waals surface area contributed by atoms with Crippen molar-refractivity contribution in [2.24, 2.45) is 11.7 Å². The predicted octanol–water partition coefficient (Wildman–Crippen LogP) is 0.524. The zero-order valence-electron chi connectivity index (χ0n) is 10.8. The molecule has 1 aliphatic heterocycles. The minimum atomic E-state index is -0.277. The molecule has 4 N–H and O–H groups in total. The topological polar surface area (TPSA) is 84.6 Å². The molecule has 104 valence electrons. The second kappa shape index (κ2) is 6.65. The highest BCUT2D eigenvalue weighted by molar-refractivity contribution is 5.93. The number of benzene rings is 1. The highest BCUT2D eigenvalue weighted by atomic mass is 16.5. The highest BCUT2D eigenvalue weighted by Gasteiger charge is 2.31. The van der Waals surface area contributed by atoms with Gasteiger partial charge in [-0.25, -0.2) is 0 Å². The van der Waals surface area contributed by atoms with Gasteiger partial charge >= 0.3 is 0 Å². The van der Waals surface area contributed by atoms with Crippen LogP contribution in [-0.2, 0) is 16.0 Å². The molecule has 1 aromatic rings. The van der Waals surface area contributed by atoms with E-state index in [4.69, 9.17) is 15.6 Å². The van der Waals surface area contributed by atoms with Crippen LogP contribution in [0.15, 0.2) is 24.3 Å². The third-order valence-corrected chi connectivity index (χ3v) is 3.28. The van der Waals surface area contributed by atoms with E-state index in [0.29, 0.717) is 13.2 Å². The highest BCUT2D eigenvalue weighted by Crippen LogP contribution is 2.17. The van der Waals surface area contributed by atoms with Crippen molar-refractivity contribution < 1.29 is 14.6 Å². The van der Waals surface area contributed by atoms with Crippen molar-refractivity contribution in [2.45, 2.75) is 18.9 Å². The molecule has 1 amide bonds. The van der Waals surface area contributed by atoms with Crippen LogP contribution in [0.4, 0.5) is 5.69 Å². The lowest BCUT2D eigenvalue weighted by atomic mass is 10.0. The molecular formula is C14H20N2O3. The lowest BCUT2D eigenvalue weighted by Gasteiger charge is -2.14. The summed E-state index contributed by atoms with van der Waals surface area (Å²) in [5, 5.41) is 11.7. The van der Waals surface area contributed by atoms with E-state index in [9.17, 15) is 4.79 Å². The summed E-state index contributed by atoms with van der Waals surface area (Å²) in [5.41, 5.74) is 7.68. The molecular weight excluding hydrogens is 244 g/mol. The zero-order valence-corrected chi connectivity index (χ0v) is 10.8. The van der Waals surface area contributed by atoms with Crippen LogP contribution in [0.2, 0.25) is 0 Å². The number of aryl methyl sites for hydroxylation is 1. The normalized spacial score (nSPS) is 22.4. The van der Waals surface area contributed by atoms with E-state index in [1.165, 1.54) is 0 Å². The van der Waals surface area contributed by atoms with E-state index in [-0.39, 0.29) is 24.5 Å². The van der Waals surface area contributed by atoms with Crippen LogP contribution >= 0.6 is 0 Å². The Morgan fingerprint density at radius 1 is 1.47 bits per heavy atom. The maximum atomic E-state index is 12.0. The van der Waals surface area contributed by atoms with Crippen molar-refractivity contribution in [3.8, 4) is 0 Å². The number of anilines is 1. The van der Waals surface area contributed by atoms with Crippen LogP contribution < -0.4 is 11.1 Å². The minimum Gasteiger partial charge on any atom is -0.396 e. The molecule has 2 rings (SSSR count).